The average Bonchev–Trinajstić information content (AvgIpc) is 3.46. The van der Waals surface area contributed by atoms with Crippen LogP contribution < -0.4 is 16.4 Å². The summed E-state index contributed by atoms with van der Waals surface area (Å²) in [6.45, 7) is 5.09. The highest BCUT2D eigenvalue weighted by Crippen LogP contribution is 2.29. The van der Waals surface area contributed by atoms with Crippen LogP contribution in [0.4, 0.5) is 15.3 Å². The number of oxazole rings is 1. The minimum atomic E-state index is -0.796. The van der Waals surface area contributed by atoms with E-state index in [1.54, 1.807) is 17.0 Å². The van der Waals surface area contributed by atoms with Crippen molar-refractivity contribution >= 4 is 50.7 Å². The Hall–Kier alpha value is -3.84. The van der Waals surface area contributed by atoms with Gasteiger partial charge in [0.25, 0.3) is 0 Å². The van der Waals surface area contributed by atoms with Crippen LogP contribution in [0.5, 0.6) is 0 Å². The number of likely N-dealkylation sites (tertiary alicyclic amines) is 3. The summed E-state index contributed by atoms with van der Waals surface area (Å²) in [4.78, 5) is 63.3. The van der Waals surface area contributed by atoms with Crippen LogP contribution in [-0.4, -0.2) is 99.9 Å². The van der Waals surface area contributed by atoms with Gasteiger partial charge in [-0.15, -0.1) is 0 Å². The lowest BCUT2D eigenvalue weighted by Gasteiger charge is -2.42. The van der Waals surface area contributed by atoms with E-state index in [1.165, 1.54) is 19.3 Å². The summed E-state index contributed by atoms with van der Waals surface area (Å²) in [7, 11) is 0. The molecule has 0 bridgehead atoms. The van der Waals surface area contributed by atoms with Crippen LogP contribution in [-0.2, 0) is 17.8 Å². The number of hydrogen-bond donors (Lipinski definition) is 3. The van der Waals surface area contributed by atoms with Gasteiger partial charge in [-0.3, -0.25) is 9.78 Å². The number of piperidine rings is 3. The average molecular weight is 709 g/mol. The van der Waals surface area contributed by atoms with E-state index in [1.807, 2.05) is 34.1 Å². The predicted octanol–water partition coefficient (Wildman–Crippen LogP) is 4.49. The van der Waals surface area contributed by atoms with E-state index in [0.29, 0.717) is 62.7 Å². The van der Waals surface area contributed by atoms with Gasteiger partial charge in [0.1, 0.15) is 6.04 Å². The van der Waals surface area contributed by atoms with Crippen LogP contribution in [0, 0.1) is 0 Å². The second-order valence-corrected chi connectivity index (χ2v) is 14.1. The number of halogens is 1. The number of amides is 5. The summed E-state index contributed by atoms with van der Waals surface area (Å²) >= 11 is 3.60. The molecule has 1 atom stereocenters. The number of para-hydroxylation sites is 1. The standard InChI is InChI=1S/C34H42BrN7O5/c35-26-20-28-30(47-34(46)38-28)19-23(26)18-29(31(43)40-14-8-24(9-15-40)39-12-4-1-5-13-39)37-32(44)41-16-10-25(11-17-41)42-21-22-6-2-3-7-27(22)36-33(42)45/h2-3,6-7,19-20,24-25,29H,1,4-5,8-18,21H2,(H,36,45)(H,37,44)(H,38,46)/t29-/m1/s1. The minimum Gasteiger partial charge on any atom is -0.408 e. The molecule has 47 heavy (non-hydrogen) atoms. The Morgan fingerprint density at radius 2 is 1.62 bits per heavy atom. The molecule has 7 rings (SSSR count). The molecular formula is C34H42BrN7O5. The van der Waals surface area contributed by atoms with Crippen molar-refractivity contribution in [2.24, 2.45) is 0 Å². The van der Waals surface area contributed by atoms with Crippen LogP contribution >= 0.6 is 15.9 Å². The molecule has 2 aromatic carbocycles. The van der Waals surface area contributed by atoms with E-state index < -0.39 is 11.8 Å². The fourth-order valence-corrected chi connectivity index (χ4v) is 8.19. The van der Waals surface area contributed by atoms with Crippen LogP contribution in [0.3, 0.4) is 0 Å². The van der Waals surface area contributed by atoms with Crippen molar-refractivity contribution in [3.05, 3.63) is 62.5 Å². The topological polar surface area (TPSA) is 134 Å². The van der Waals surface area contributed by atoms with Crippen molar-refractivity contribution in [1.82, 2.24) is 29.9 Å². The molecule has 5 heterocycles. The first-order chi connectivity index (χ1) is 22.8. The fraction of sp³-hybridized carbons (Fsp3) is 0.529. The van der Waals surface area contributed by atoms with Crippen LogP contribution in [0.25, 0.3) is 11.1 Å². The third-order valence-corrected chi connectivity index (χ3v) is 11.1. The molecule has 3 aromatic rings. The van der Waals surface area contributed by atoms with Crippen molar-refractivity contribution in [2.75, 3.05) is 44.6 Å². The molecule has 1 aromatic heterocycles. The van der Waals surface area contributed by atoms with Gasteiger partial charge in [-0.1, -0.05) is 40.5 Å². The maximum atomic E-state index is 14.1. The van der Waals surface area contributed by atoms with E-state index in [4.69, 9.17) is 4.42 Å². The molecule has 0 spiro atoms. The first kappa shape index (κ1) is 31.7. The number of rotatable bonds is 6. The van der Waals surface area contributed by atoms with Gasteiger partial charge >= 0.3 is 17.8 Å². The number of H-pyrrole nitrogens is 1. The van der Waals surface area contributed by atoms with Gasteiger partial charge in [-0.05, 0) is 80.9 Å². The molecule has 0 radical (unpaired) electrons. The Kier molecular flexibility index (Phi) is 9.26. The van der Waals surface area contributed by atoms with Crippen LogP contribution in [0.1, 0.15) is 56.1 Å². The normalized spacial score (nSPS) is 20.6. The smallest absolute Gasteiger partial charge is 0.408 e. The van der Waals surface area contributed by atoms with E-state index in [0.717, 1.165) is 47.2 Å². The van der Waals surface area contributed by atoms with E-state index in [2.05, 4.69) is 36.4 Å². The summed E-state index contributed by atoms with van der Waals surface area (Å²) in [5.41, 5.74) is 3.65. The summed E-state index contributed by atoms with van der Waals surface area (Å²) in [5, 5.41) is 6.07. The molecule has 3 saturated heterocycles. The number of anilines is 1. The van der Waals surface area contributed by atoms with Crippen molar-refractivity contribution in [3.63, 3.8) is 0 Å². The van der Waals surface area contributed by atoms with Gasteiger partial charge in [0, 0.05) is 61.4 Å². The lowest BCUT2D eigenvalue weighted by molar-refractivity contribution is -0.135. The highest BCUT2D eigenvalue weighted by molar-refractivity contribution is 9.10. The molecular weight excluding hydrogens is 666 g/mol. The van der Waals surface area contributed by atoms with E-state index >= 15 is 0 Å². The van der Waals surface area contributed by atoms with Gasteiger partial charge in [0.05, 0.1) is 5.52 Å². The Balaban J connectivity index is 1.02. The highest BCUT2D eigenvalue weighted by Gasteiger charge is 2.36. The molecule has 0 unspecified atom stereocenters. The molecule has 3 fully saturated rings. The predicted molar refractivity (Wildman–Crippen MR) is 181 cm³/mol. The van der Waals surface area contributed by atoms with Gasteiger partial charge in [-0.25, -0.2) is 14.4 Å². The zero-order valence-electron chi connectivity index (χ0n) is 26.5. The van der Waals surface area contributed by atoms with Crippen LogP contribution in [0.15, 0.2) is 50.1 Å². The van der Waals surface area contributed by atoms with E-state index in [-0.39, 0.29) is 30.4 Å². The first-order valence-electron chi connectivity index (χ1n) is 16.9. The Bertz CT molecular complexity index is 1690. The molecule has 0 aliphatic carbocycles. The molecule has 3 N–H and O–H groups in total. The zero-order valence-corrected chi connectivity index (χ0v) is 28.1. The Morgan fingerprint density at radius 1 is 0.915 bits per heavy atom. The number of benzene rings is 2. The quantitative estimate of drug-likeness (QED) is 0.346. The Labute approximate surface area is 281 Å². The molecule has 13 heteroatoms. The van der Waals surface area contributed by atoms with Gasteiger partial charge in [0.15, 0.2) is 5.58 Å². The molecule has 4 aliphatic rings. The van der Waals surface area contributed by atoms with Gasteiger partial charge < -0.3 is 34.7 Å². The SMILES string of the molecule is O=C(N[C@H](Cc1cc2oc(=O)[nH]c2cc1Br)C(=O)N1CCC(N2CCCCC2)CC1)N1CCC(N2Cc3ccccc3NC2=O)CC1. The fourth-order valence-electron chi connectivity index (χ4n) is 7.68. The summed E-state index contributed by atoms with van der Waals surface area (Å²) < 4.78 is 6.02. The van der Waals surface area contributed by atoms with Crippen molar-refractivity contribution < 1.29 is 18.8 Å². The summed E-state index contributed by atoms with van der Waals surface area (Å²) in [6, 6.07) is 10.7. The maximum absolute atomic E-state index is 14.1. The van der Waals surface area contributed by atoms with Crippen molar-refractivity contribution in [1.29, 1.82) is 0 Å². The number of nitrogens with zero attached hydrogens (tertiary/aromatic N) is 4. The second-order valence-electron chi connectivity index (χ2n) is 13.2. The number of nitrogens with one attached hydrogen (secondary N) is 3. The molecule has 4 aliphatic heterocycles. The number of carbonyl (C=O) groups excluding carboxylic acids is 3. The summed E-state index contributed by atoms with van der Waals surface area (Å²) in [5.74, 6) is -0.646. The van der Waals surface area contributed by atoms with Crippen molar-refractivity contribution in [2.45, 2.75) is 76.0 Å². The Morgan fingerprint density at radius 3 is 2.38 bits per heavy atom. The van der Waals surface area contributed by atoms with Gasteiger partial charge in [0.2, 0.25) is 5.91 Å². The van der Waals surface area contributed by atoms with Gasteiger partial charge in [-0.2, -0.15) is 0 Å². The second kappa shape index (κ2) is 13.7. The molecule has 0 saturated carbocycles. The van der Waals surface area contributed by atoms with Crippen LogP contribution in [0.2, 0.25) is 0 Å². The number of carbonyl (C=O) groups is 3. The number of hydrogen-bond acceptors (Lipinski definition) is 6. The number of urea groups is 2. The molecule has 12 nitrogen and oxygen atoms in total. The molecule has 250 valence electrons. The molecule has 5 amide bonds. The zero-order chi connectivity index (χ0) is 32.5. The first-order valence-corrected chi connectivity index (χ1v) is 17.7. The van der Waals surface area contributed by atoms with E-state index in [9.17, 15) is 19.2 Å². The lowest BCUT2D eigenvalue weighted by Crippen LogP contribution is -2.57. The third-order valence-electron chi connectivity index (χ3n) is 10.3. The number of aromatic nitrogens is 1. The lowest BCUT2D eigenvalue weighted by atomic mass is 9.98. The third kappa shape index (κ3) is 6.92. The minimum absolute atomic E-state index is 0.0183. The largest absolute Gasteiger partial charge is 0.417 e. The highest BCUT2D eigenvalue weighted by atomic mass is 79.9. The maximum Gasteiger partial charge on any atom is 0.417 e. The van der Waals surface area contributed by atoms with Crippen molar-refractivity contribution in [3.8, 4) is 0 Å². The summed E-state index contributed by atoms with van der Waals surface area (Å²) in [6.07, 6.45) is 7.18. The number of aromatic amines is 1. The number of fused-ring (bicyclic) bond motifs is 2. The monoisotopic (exact) mass is 707 g/mol.